The maximum absolute atomic E-state index is 12.3. The zero-order valence-corrected chi connectivity index (χ0v) is 15.8. The van der Waals surface area contributed by atoms with E-state index in [9.17, 15) is 9.59 Å². The Bertz CT molecular complexity index is 423. The van der Waals surface area contributed by atoms with Crippen molar-refractivity contribution in [3.05, 3.63) is 0 Å². The SMILES string of the molecule is C[C@@H]1C[C@H](C)CN(CCNC(=O)C2CCN(C(=O)N(C)C)CC2)C1. The minimum Gasteiger partial charge on any atom is -0.355 e. The van der Waals surface area contributed by atoms with Gasteiger partial charge in [-0.15, -0.1) is 0 Å². The number of carbonyl (C=O) groups excluding carboxylic acids is 2. The van der Waals surface area contributed by atoms with E-state index in [0.29, 0.717) is 13.1 Å². The molecule has 138 valence electrons. The molecule has 0 unspecified atom stereocenters. The van der Waals surface area contributed by atoms with E-state index in [2.05, 4.69) is 24.1 Å². The Morgan fingerprint density at radius 2 is 1.67 bits per heavy atom. The Hall–Kier alpha value is -1.30. The molecule has 2 heterocycles. The summed E-state index contributed by atoms with van der Waals surface area (Å²) < 4.78 is 0. The monoisotopic (exact) mass is 338 g/mol. The zero-order valence-electron chi connectivity index (χ0n) is 15.8. The van der Waals surface area contributed by atoms with Gasteiger partial charge in [-0.05, 0) is 31.1 Å². The van der Waals surface area contributed by atoms with E-state index in [1.165, 1.54) is 6.42 Å². The van der Waals surface area contributed by atoms with Crippen LogP contribution in [0.5, 0.6) is 0 Å². The second-order valence-electron chi connectivity index (χ2n) is 7.93. The zero-order chi connectivity index (χ0) is 17.7. The number of likely N-dealkylation sites (tertiary alicyclic amines) is 2. The van der Waals surface area contributed by atoms with E-state index in [1.807, 2.05) is 4.90 Å². The number of hydrogen-bond donors (Lipinski definition) is 1. The molecular weight excluding hydrogens is 304 g/mol. The lowest BCUT2D eigenvalue weighted by Crippen LogP contribution is -2.47. The minimum absolute atomic E-state index is 0.0437. The third-order valence-corrected chi connectivity index (χ3v) is 5.19. The number of amides is 3. The highest BCUT2D eigenvalue weighted by molar-refractivity contribution is 5.79. The predicted octanol–water partition coefficient (Wildman–Crippen LogP) is 1.47. The van der Waals surface area contributed by atoms with Crippen molar-refractivity contribution in [2.45, 2.75) is 33.1 Å². The van der Waals surface area contributed by atoms with Crippen molar-refractivity contribution in [1.82, 2.24) is 20.0 Å². The van der Waals surface area contributed by atoms with E-state index in [-0.39, 0.29) is 17.9 Å². The van der Waals surface area contributed by atoms with Gasteiger partial charge in [0.15, 0.2) is 0 Å². The van der Waals surface area contributed by atoms with Crippen LogP contribution in [0.4, 0.5) is 4.79 Å². The van der Waals surface area contributed by atoms with Crippen LogP contribution in [0, 0.1) is 17.8 Å². The van der Waals surface area contributed by atoms with E-state index >= 15 is 0 Å². The Kier molecular flexibility index (Phi) is 6.90. The van der Waals surface area contributed by atoms with Crippen molar-refractivity contribution in [3.8, 4) is 0 Å². The summed E-state index contributed by atoms with van der Waals surface area (Å²) in [6.45, 7) is 9.94. The molecule has 0 spiro atoms. The van der Waals surface area contributed by atoms with Gasteiger partial charge in [-0.3, -0.25) is 4.79 Å². The highest BCUT2D eigenvalue weighted by Gasteiger charge is 2.28. The summed E-state index contributed by atoms with van der Waals surface area (Å²) >= 11 is 0. The average molecular weight is 338 g/mol. The van der Waals surface area contributed by atoms with Gasteiger partial charge in [0, 0.05) is 59.3 Å². The van der Waals surface area contributed by atoms with Crippen LogP contribution >= 0.6 is 0 Å². The van der Waals surface area contributed by atoms with Crippen LogP contribution in [-0.4, -0.2) is 80.0 Å². The van der Waals surface area contributed by atoms with E-state index < -0.39 is 0 Å². The van der Waals surface area contributed by atoms with Crippen molar-refractivity contribution >= 4 is 11.9 Å². The van der Waals surface area contributed by atoms with Gasteiger partial charge in [0.25, 0.3) is 0 Å². The normalized spacial score (nSPS) is 26.2. The molecule has 2 atom stereocenters. The molecule has 2 rings (SSSR count). The van der Waals surface area contributed by atoms with Crippen LogP contribution < -0.4 is 5.32 Å². The molecule has 0 aromatic rings. The molecule has 0 bridgehead atoms. The van der Waals surface area contributed by atoms with Crippen LogP contribution in [0.2, 0.25) is 0 Å². The molecule has 0 aromatic heterocycles. The van der Waals surface area contributed by atoms with E-state index in [0.717, 1.165) is 50.9 Å². The minimum atomic E-state index is 0.0437. The first-order valence-corrected chi connectivity index (χ1v) is 9.33. The molecule has 6 heteroatoms. The van der Waals surface area contributed by atoms with Crippen molar-refractivity contribution < 1.29 is 9.59 Å². The summed E-state index contributed by atoms with van der Waals surface area (Å²) in [4.78, 5) is 30.2. The number of hydrogen-bond acceptors (Lipinski definition) is 3. The molecule has 6 nitrogen and oxygen atoms in total. The highest BCUT2D eigenvalue weighted by atomic mass is 16.2. The van der Waals surface area contributed by atoms with Gasteiger partial charge >= 0.3 is 6.03 Å². The topological polar surface area (TPSA) is 55.9 Å². The lowest BCUT2D eigenvalue weighted by Gasteiger charge is -2.35. The second-order valence-corrected chi connectivity index (χ2v) is 7.93. The van der Waals surface area contributed by atoms with Gasteiger partial charge in [0.1, 0.15) is 0 Å². The fraction of sp³-hybridized carbons (Fsp3) is 0.889. The Morgan fingerprint density at radius 3 is 2.21 bits per heavy atom. The average Bonchev–Trinajstić information content (AvgIpc) is 2.53. The quantitative estimate of drug-likeness (QED) is 0.845. The standard InChI is InChI=1S/C18H34N4O2/c1-14-11-15(2)13-21(12-14)10-7-19-17(23)16-5-8-22(9-6-16)18(24)20(3)4/h14-16H,5-13H2,1-4H3,(H,19,23)/t14-,15+. The number of nitrogens with zero attached hydrogens (tertiary/aromatic N) is 3. The molecule has 2 fully saturated rings. The van der Waals surface area contributed by atoms with Gasteiger partial charge in [0.2, 0.25) is 5.91 Å². The fourth-order valence-electron chi connectivity index (χ4n) is 4.07. The number of urea groups is 1. The Labute approximate surface area is 146 Å². The number of nitrogens with one attached hydrogen (secondary N) is 1. The smallest absolute Gasteiger partial charge is 0.319 e. The molecule has 3 amide bonds. The number of piperidine rings is 2. The molecule has 0 radical (unpaired) electrons. The van der Waals surface area contributed by atoms with Gasteiger partial charge in [-0.25, -0.2) is 4.79 Å². The second kappa shape index (κ2) is 8.70. The molecule has 2 saturated heterocycles. The molecule has 24 heavy (non-hydrogen) atoms. The fourth-order valence-corrected chi connectivity index (χ4v) is 4.07. The van der Waals surface area contributed by atoms with Crippen LogP contribution in [0.1, 0.15) is 33.1 Å². The lowest BCUT2D eigenvalue weighted by atomic mass is 9.92. The molecule has 1 N–H and O–H groups in total. The van der Waals surface area contributed by atoms with Crippen LogP contribution in [0.25, 0.3) is 0 Å². The maximum atomic E-state index is 12.3. The first-order valence-electron chi connectivity index (χ1n) is 9.33. The van der Waals surface area contributed by atoms with E-state index in [1.54, 1.807) is 19.0 Å². The van der Waals surface area contributed by atoms with E-state index in [4.69, 9.17) is 0 Å². The van der Waals surface area contributed by atoms with Crippen molar-refractivity contribution in [2.75, 3.05) is 53.4 Å². The third-order valence-electron chi connectivity index (χ3n) is 5.19. The summed E-state index contributed by atoms with van der Waals surface area (Å²) in [5.74, 6) is 1.71. The van der Waals surface area contributed by atoms with Crippen molar-refractivity contribution in [3.63, 3.8) is 0 Å². The van der Waals surface area contributed by atoms with Crippen molar-refractivity contribution in [1.29, 1.82) is 0 Å². The first-order chi connectivity index (χ1) is 11.4. The van der Waals surface area contributed by atoms with Crippen molar-refractivity contribution in [2.24, 2.45) is 17.8 Å². The lowest BCUT2D eigenvalue weighted by molar-refractivity contribution is -0.126. The molecule has 0 aromatic carbocycles. The Balaban J connectivity index is 1.66. The summed E-state index contributed by atoms with van der Waals surface area (Å²) in [5.41, 5.74) is 0. The first kappa shape index (κ1) is 19.0. The number of carbonyl (C=O) groups is 2. The molecule has 0 aliphatic carbocycles. The highest BCUT2D eigenvalue weighted by Crippen LogP contribution is 2.20. The largest absolute Gasteiger partial charge is 0.355 e. The number of rotatable bonds is 4. The van der Waals surface area contributed by atoms with Gasteiger partial charge in [-0.2, -0.15) is 0 Å². The van der Waals surface area contributed by atoms with Gasteiger partial charge in [0.05, 0.1) is 0 Å². The molecule has 0 saturated carbocycles. The van der Waals surface area contributed by atoms with Gasteiger partial charge < -0.3 is 20.0 Å². The molecule has 2 aliphatic heterocycles. The summed E-state index contributed by atoms with van der Waals surface area (Å²) in [6, 6.07) is 0.0437. The maximum Gasteiger partial charge on any atom is 0.319 e. The summed E-state index contributed by atoms with van der Waals surface area (Å²) in [5, 5.41) is 3.10. The summed E-state index contributed by atoms with van der Waals surface area (Å²) in [6.07, 6.45) is 2.85. The molecular formula is C18H34N4O2. The van der Waals surface area contributed by atoms with Crippen LogP contribution in [0.3, 0.4) is 0 Å². The summed E-state index contributed by atoms with van der Waals surface area (Å²) in [7, 11) is 3.53. The van der Waals surface area contributed by atoms with Crippen LogP contribution in [-0.2, 0) is 4.79 Å². The van der Waals surface area contributed by atoms with Crippen LogP contribution in [0.15, 0.2) is 0 Å². The van der Waals surface area contributed by atoms with Gasteiger partial charge in [-0.1, -0.05) is 13.8 Å². The Morgan fingerprint density at radius 1 is 1.08 bits per heavy atom. The predicted molar refractivity (Wildman–Crippen MR) is 95.8 cm³/mol. The molecule has 2 aliphatic rings. The third kappa shape index (κ3) is 5.36.